The molecule has 0 saturated carbocycles. The third-order valence-corrected chi connectivity index (χ3v) is 5.28. The average Bonchev–Trinajstić information content (AvgIpc) is 2.65. The van der Waals surface area contributed by atoms with Crippen molar-refractivity contribution in [3.8, 4) is 22.6 Å². The molecule has 0 fully saturated rings. The van der Waals surface area contributed by atoms with Crippen LogP contribution in [0.3, 0.4) is 0 Å². The molecule has 6 heteroatoms. The summed E-state index contributed by atoms with van der Waals surface area (Å²) in [5.74, 6) is 1.49. The highest BCUT2D eigenvalue weighted by Gasteiger charge is 2.27. The number of methoxy groups -OCH3 is 1. The van der Waals surface area contributed by atoms with Crippen LogP contribution in [0, 0.1) is 0 Å². The second kappa shape index (κ2) is 8.69. The quantitative estimate of drug-likeness (QED) is 0.481. The highest BCUT2D eigenvalue weighted by molar-refractivity contribution is 7.92. The van der Waals surface area contributed by atoms with E-state index in [1.165, 1.54) is 12.8 Å². The lowest BCUT2D eigenvalue weighted by molar-refractivity contribution is 0.250. The Morgan fingerprint density at radius 3 is 2.75 bits per heavy atom. The van der Waals surface area contributed by atoms with E-state index in [1.807, 2.05) is 30.3 Å². The van der Waals surface area contributed by atoms with Gasteiger partial charge < -0.3 is 9.47 Å². The van der Waals surface area contributed by atoms with Crippen molar-refractivity contribution in [3.05, 3.63) is 54.1 Å². The Balaban J connectivity index is 2.02. The van der Waals surface area contributed by atoms with Crippen molar-refractivity contribution in [1.82, 2.24) is 0 Å². The predicted octanol–water partition coefficient (Wildman–Crippen LogP) is 5.30. The maximum atomic E-state index is 11.6. The number of hydrogen-bond donors (Lipinski definition) is 1. The summed E-state index contributed by atoms with van der Waals surface area (Å²) in [5, 5.41) is 0. The van der Waals surface area contributed by atoms with Crippen molar-refractivity contribution < 1.29 is 17.9 Å². The van der Waals surface area contributed by atoms with E-state index in [9.17, 15) is 8.42 Å². The molecule has 1 aliphatic rings. The molecule has 1 heterocycles. The van der Waals surface area contributed by atoms with Gasteiger partial charge in [0.25, 0.3) is 0 Å². The number of sulfonamides is 1. The minimum atomic E-state index is -3.36. The molecule has 1 atom stereocenters. The third-order valence-electron chi connectivity index (χ3n) is 4.68. The van der Waals surface area contributed by atoms with Gasteiger partial charge in [0.05, 0.1) is 18.9 Å². The number of unbranched alkanes of at least 4 members (excludes halogenated alkanes) is 3. The molecular weight excluding hydrogens is 374 g/mol. The number of allylic oxidation sites excluding steroid dienone is 1. The van der Waals surface area contributed by atoms with Crippen LogP contribution in [0.15, 0.2) is 48.6 Å². The van der Waals surface area contributed by atoms with Crippen LogP contribution in [0.25, 0.3) is 11.1 Å². The number of benzene rings is 2. The summed E-state index contributed by atoms with van der Waals surface area (Å²) in [4.78, 5) is 0. The van der Waals surface area contributed by atoms with Gasteiger partial charge in [0.2, 0.25) is 10.0 Å². The Morgan fingerprint density at radius 1 is 1.21 bits per heavy atom. The summed E-state index contributed by atoms with van der Waals surface area (Å²) < 4.78 is 37.6. The van der Waals surface area contributed by atoms with Gasteiger partial charge in [-0.05, 0) is 48.7 Å². The molecule has 0 saturated heterocycles. The van der Waals surface area contributed by atoms with Crippen molar-refractivity contribution in [2.24, 2.45) is 0 Å². The topological polar surface area (TPSA) is 64.6 Å². The summed E-state index contributed by atoms with van der Waals surface area (Å²) in [7, 11) is -1.72. The molecule has 150 valence electrons. The lowest BCUT2D eigenvalue weighted by Crippen LogP contribution is -2.15. The first-order valence-electron chi connectivity index (χ1n) is 9.55. The van der Waals surface area contributed by atoms with Gasteiger partial charge in [0.15, 0.2) is 0 Å². The number of rotatable bonds is 8. The molecule has 5 nitrogen and oxygen atoms in total. The van der Waals surface area contributed by atoms with Gasteiger partial charge in [-0.1, -0.05) is 38.0 Å². The van der Waals surface area contributed by atoms with Crippen LogP contribution in [0.4, 0.5) is 5.69 Å². The van der Waals surface area contributed by atoms with E-state index < -0.39 is 10.0 Å². The smallest absolute Gasteiger partial charge is 0.229 e. The van der Waals surface area contributed by atoms with Gasteiger partial charge in [-0.3, -0.25) is 4.72 Å². The molecular formula is C22H27NO4S. The first kappa shape index (κ1) is 20.3. The SMILES string of the molecule is CCCCC/C=C/C1Oc2cccc(OC)c2-c2ccc(NS(C)(=O)=O)cc21. The molecule has 3 rings (SSSR count). The molecule has 28 heavy (non-hydrogen) atoms. The van der Waals surface area contributed by atoms with Gasteiger partial charge in [0, 0.05) is 11.3 Å². The predicted molar refractivity (Wildman–Crippen MR) is 114 cm³/mol. The number of hydrogen-bond acceptors (Lipinski definition) is 4. The van der Waals surface area contributed by atoms with Crippen LogP contribution in [0.1, 0.15) is 44.3 Å². The molecule has 0 bridgehead atoms. The summed E-state index contributed by atoms with van der Waals surface area (Å²) in [6, 6.07) is 11.3. The van der Waals surface area contributed by atoms with Crippen molar-refractivity contribution in [1.29, 1.82) is 0 Å². The molecule has 0 aliphatic carbocycles. The van der Waals surface area contributed by atoms with E-state index >= 15 is 0 Å². The Hall–Kier alpha value is -2.47. The maximum absolute atomic E-state index is 11.6. The highest BCUT2D eigenvalue weighted by atomic mass is 32.2. The highest BCUT2D eigenvalue weighted by Crippen LogP contribution is 2.48. The average molecular weight is 402 g/mol. The second-order valence-corrected chi connectivity index (χ2v) is 8.72. The molecule has 2 aromatic rings. The fourth-order valence-electron chi connectivity index (χ4n) is 3.42. The van der Waals surface area contributed by atoms with Gasteiger partial charge in [0.1, 0.15) is 17.6 Å². The van der Waals surface area contributed by atoms with Crippen LogP contribution in [-0.2, 0) is 10.0 Å². The first-order valence-corrected chi connectivity index (χ1v) is 11.4. The maximum Gasteiger partial charge on any atom is 0.229 e. The monoisotopic (exact) mass is 401 g/mol. The van der Waals surface area contributed by atoms with Crippen molar-refractivity contribution in [2.75, 3.05) is 18.1 Å². The summed E-state index contributed by atoms with van der Waals surface area (Å²) >= 11 is 0. The van der Waals surface area contributed by atoms with Gasteiger partial charge in [-0.2, -0.15) is 0 Å². The fraction of sp³-hybridized carbons (Fsp3) is 0.364. The summed E-state index contributed by atoms with van der Waals surface area (Å²) in [5.41, 5.74) is 3.31. The minimum absolute atomic E-state index is 0.280. The third kappa shape index (κ3) is 4.68. The summed E-state index contributed by atoms with van der Waals surface area (Å²) in [6.07, 6.45) is 9.60. The number of anilines is 1. The zero-order valence-corrected chi connectivity index (χ0v) is 17.4. The van der Waals surface area contributed by atoms with Gasteiger partial charge in [-0.15, -0.1) is 0 Å². The van der Waals surface area contributed by atoms with Gasteiger partial charge in [-0.25, -0.2) is 8.42 Å². The van der Waals surface area contributed by atoms with E-state index in [-0.39, 0.29) is 6.10 Å². The lowest BCUT2D eigenvalue weighted by Gasteiger charge is -2.28. The van der Waals surface area contributed by atoms with Crippen molar-refractivity contribution >= 4 is 15.7 Å². The van der Waals surface area contributed by atoms with Crippen LogP contribution in [-0.4, -0.2) is 21.8 Å². The molecule has 0 spiro atoms. The van der Waals surface area contributed by atoms with Crippen LogP contribution in [0.2, 0.25) is 0 Å². The molecule has 1 N–H and O–H groups in total. The zero-order chi connectivity index (χ0) is 20.1. The van der Waals surface area contributed by atoms with E-state index in [0.29, 0.717) is 5.69 Å². The molecule has 0 amide bonds. The van der Waals surface area contributed by atoms with E-state index in [1.54, 1.807) is 13.2 Å². The zero-order valence-electron chi connectivity index (χ0n) is 16.6. The van der Waals surface area contributed by atoms with Crippen LogP contribution >= 0.6 is 0 Å². The van der Waals surface area contributed by atoms with Crippen LogP contribution in [0.5, 0.6) is 11.5 Å². The van der Waals surface area contributed by atoms with E-state index in [4.69, 9.17) is 9.47 Å². The molecule has 0 radical (unpaired) electrons. The summed E-state index contributed by atoms with van der Waals surface area (Å²) in [6.45, 7) is 2.19. The lowest BCUT2D eigenvalue weighted by atomic mass is 9.91. The Kier molecular flexibility index (Phi) is 6.29. The van der Waals surface area contributed by atoms with E-state index in [0.717, 1.165) is 47.3 Å². The number of fused-ring (bicyclic) bond motifs is 3. The first-order chi connectivity index (χ1) is 13.4. The van der Waals surface area contributed by atoms with E-state index in [2.05, 4.69) is 23.8 Å². The standard InChI is InChI=1S/C22H27NO4S/c1-4-5-6-7-8-10-19-18-15-16(23-28(3,24)25)13-14-17(18)22-20(26-2)11-9-12-21(22)27-19/h8-15,19,23H,4-7H2,1-3H3/b10-8+. The molecule has 1 unspecified atom stereocenters. The molecule has 1 aliphatic heterocycles. The Labute approximate surface area is 167 Å². The number of nitrogens with one attached hydrogen (secondary N) is 1. The fourth-order valence-corrected chi connectivity index (χ4v) is 3.98. The van der Waals surface area contributed by atoms with Gasteiger partial charge >= 0.3 is 0 Å². The van der Waals surface area contributed by atoms with Crippen molar-refractivity contribution in [3.63, 3.8) is 0 Å². The van der Waals surface area contributed by atoms with Crippen LogP contribution < -0.4 is 14.2 Å². The largest absolute Gasteiger partial charge is 0.496 e. The Morgan fingerprint density at radius 2 is 2.04 bits per heavy atom. The molecule has 0 aromatic heterocycles. The minimum Gasteiger partial charge on any atom is -0.496 e. The Bertz CT molecular complexity index is 966. The molecule has 2 aromatic carbocycles. The number of ether oxygens (including phenoxy) is 2. The normalized spacial score (nSPS) is 15.6. The van der Waals surface area contributed by atoms with Crippen molar-refractivity contribution in [2.45, 2.75) is 38.7 Å². The second-order valence-electron chi connectivity index (χ2n) is 6.97.